The Morgan fingerprint density at radius 1 is 1.05 bits per heavy atom. The van der Waals surface area contributed by atoms with Gasteiger partial charge >= 0.3 is 0 Å². The molecule has 1 heterocycles. The molecule has 0 radical (unpaired) electrons. The van der Waals surface area contributed by atoms with Crippen molar-refractivity contribution in [2.45, 2.75) is 33.0 Å². The van der Waals surface area contributed by atoms with E-state index in [1.165, 1.54) is 16.7 Å². The fourth-order valence-corrected chi connectivity index (χ4v) is 2.61. The van der Waals surface area contributed by atoms with E-state index in [1.54, 1.807) is 0 Å². The number of carbonyl (C=O) groups is 1. The summed E-state index contributed by atoms with van der Waals surface area (Å²) in [5.41, 5.74) is 6.14. The van der Waals surface area contributed by atoms with E-state index in [1.807, 2.05) is 31.2 Å². The minimum atomic E-state index is 0.0671. The van der Waals surface area contributed by atoms with Crippen molar-refractivity contribution in [2.75, 3.05) is 0 Å². The van der Waals surface area contributed by atoms with Crippen molar-refractivity contribution >= 4 is 5.91 Å². The third-order valence-corrected chi connectivity index (χ3v) is 3.88. The average molecular weight is 280 g/mol. The van der Waals surface area contributed by atoms with E-state index in [9.17, 15) is 4.79 Å². The van der Waals surface area contributed by atoms with Gasteiger partial charge in [0.2, 0.25) is 5.91 Å². The molecular weight excluding hydrogens is 260 g/mol. The van der Waals surface area contributed by atoms with Crippen molar-refractivity contribution in [2.24, 2.45) is 0 Å². The van der Waals surface area contributed by atoms with Crippen LogP contribution in [0.15, 0.2) is 42.5 Å². The third kappa shape index (κ3) is 3.50. The SMILES string of the molecule is Cc1ccc(CC(=O)NCc2ccc3c(c2)CNC3)cc1. The summed E-state index contributed by atoms with van der Waals surface area (Å²) in [6.45, 7) is 4.53. The Hall–Kier alpha value is -2.13. The van der Waals surface area contributed by atoms with Gasteiger partial charge < -0.3 is 10.6 Å². The van der Waals surface area contributed by atoms with Crippen LogP contribution in [0.1, 0.15) is 27.8 Å². The molecule has 1 amide bonds. The van der Waals surface area contributed by atoms with Gasteiger partial charge in [-0.25, -0.2) is 0 Å². The Kier molecular flexibility index (Phi) is 4.02. The van der Waals surface area contributed by atoms with Gasteiger partial charge in [-0.3, -0.25) is 4.79 Å². The summed E-state index contributed by atoms with van der Waals surface area (Å²) in [6, 6.07) is 14.5. The zero-order chi connectivity index (χ0) is 14.7. The number of carbonyl (C=O) groups excluding carboxylic acids is 1. The van der Waals surface area contributed by atoms with Gasteiger partial charge in [0.25, 0.3) is 0 Å². The number of rotatable bonds is 4. The van der Waals surface area contributed by atoms with Gasteiger partial charge in [0.1, 0.15) is 0 Å². The summed E-state index contributed by atoms with van der Waals surface area (Å²) in [7, 11) is 0. The Labute approximate surface area is 125 Å². The molecule has 0 fully saturated rings. The highest BCUT2D eigenvalue weighted by Crippen LogP contribution is 2.16. The molecule has 0 aromatic heterocycles. The lowest BCUT2D eigenvalue weighted by Crippen LogP contribution is -2.24. The van der Waals surface area contributed by atoms with Crippen molar-refractivity contribution in [1.82, 2.24) is 10.6 Å². The molecule has 1 aliphatic rings. The highest BCUT2D eigenvalue weighted by molar-refractivity contribution is 5.78. The molecule has 0 aliphatic carbocycles. The molecule has 3 rings (SSSR count). The number of fused-ring (bicyclic) bond motifs is 1. The molecular formula is C18H20N2O. The Balaban J connectivity index is 1.55. The molecule has 21 heavy (non-hydrogen) atoms. The molecule has 2 aromatic carbocycles. The number of nitrogens with one attached hydrogen (secondary N) is 2. The van der Waals surface area contributed by atoms with Gasteiger partial charge in [-0.15, -0.1) is 0 Å². The van der Waals surface area contributed by atoms with Crippen LogP contribution in [0.3, 0.4) is 0 Å². The molecule has 0 saturated carbocycles. The summed E-state index contributed by atoms with van der Waals surface area (Å²) < 4.78 is 0. The second-order valence-corrected chi connectivity index (χ2v) is 5.65. The van der Waals surface area contributed by atoms with E-state index >= 15 is 0 Å². The van der Waals surface area contributed by atoms with E-state index in [0.29, 0.717) is 13.0 Å². The van der Waals surface area contributed by atoms with Crippen LogP contribution in [-0.4, -0.2) is 5.91 Å². The van der Waals surface area contributed by atoms with Gasteiger partial charge in [0.15, 0.2) is 0 Å². The fourth-order valence-electron chi connectivity index (χ4n) is 2.61. The first-order valence-corrected chi connectivity index (χ1v) is 7.34. The number of amides is 1. The normalized spacial score (nSPS) is 13.0. The minimum Gasteiger partial charge on any atom is -0.352 e. The van der Waals surface area contributed by atoms with E-state index in [4.69, 9.17) is 0 Å². The maximum absolute atomic E-state index is 12.0. The smallest absolute Gasteiger partial charge is 0.224 e. The zero-order valence-electron chi connectivity index (χ0n) is 12.3. The predicted molar refractivity (Wildman–Crippen MR) is 83.7 cm³/mol. The van der Waals surface area contributed by atoms with Gasteiger partial charge in [0.05, 0.1) is 6.42 Å². The van der Waals surface area contributed by atoms with Crippen LogP contribution in [0.2, 0.25) is 0 Å². The second-order valence-electron chi connectivity index (χ2n) is 5.65. The van der Waals surface area contributed by atoms with Gasteiger partial charge in [-0.05, 0) is 29.2 Å². The van der Waals surface area contributed by atoms with Gasteiger partial charge in [-0.2, -0.15) is 0 Å². The number of benzene rings is 2. The molecule has 0 spiro atoms. The van der Waals surface area contributed by atoms with Crippen LogP contribution in [0.4, 0.5) is 0 Å². The van der Waals surface area contributed by atoms with E-state index < -0.39 is 0 Å². The summed E-state index contributed by atoms with van der Waals surface area (Å²) in [4.78, 5) is 12.0. The van der Waals surface area contributed by atoms with Crippen LogP contribution in [0.5, 0.6) is 0 Å². The quantitative estimate of drug-likeness (QED) is 0.903. The summed E-state index contributed by atoms with van der Waals surface area (Å²) in [5, 5.41) is 6.32. The number of aryl methyl sites for hydroxylation is 1. The Bertz CT molecular complexity index is 647. The lowest BCUT2D eigenvalue weighted by Gasteiger charge is -2.07. The number of hydrogen-bond acceptors (Lipinski definition) is 2. The Morgan fingerprint density at radius 3 is 2.57 bits per heavy atom. The molecule has 1 aliphatic heterocycles. The predicted octanol–water partition coefficient (Wildman–Crippen LogP) is 2.46. The summed E-state index contributed by atoms with van der Waals surface area (Å²) in [5.74, 6) is 0.0671. The highest BCUT2D eigenvalue weighted by Gasteiger charge is 2.10. The molecule has 3 nitrogen and oxygen atoms in total. The van der Waals surface area contributed by atoms with E-state index in [2.05, 4.69) is 28.8 Å². The second kappa shape index (κ2) is 6.10. The Morgan fingerprint density at radius 2 is 1.76 bits per heavy atom. The van der Waals surface area contributed by atoms with E-state index in [-0.39, 0.29) is 5.91 Å². The topological polar surface area (TPSA) is 41.1 Å². The van der Waals surface area contributed by atoms with Crippen molar-refractivity contribution in [1.29, 1.82) is 0 Å². The van der Waals surface area contributed by atoms with Crippen molar-refractivity contribution < 1.29 is 4.79 Å². The standard InChI is InChI=1S/C18H20N2O/c1-13-2-4-14(5-3-13)9-18(21)20-10-15-6-7-16-11-19-12-17(16)8-15/h2-8,19H,9-12H2,1H3,(H,20,21). The molecule has 2 N–H and O–H groups in total. The van der Waals surface area contributed by atoms with E-state index in [0.717, 1.165) is 24.2 Å². The summed E-state index contributed by atoms with van der Waals surface area (Å²) in [6.07, 6.45) is 0.437. The van der Waals surface area contributed by atoms with Crippen molar-refractivity contribution in [3.63, 3.8) is 0 Å². The summed E-state index contributed by atoms with van der Waals surface area (Å²) >= 11 is 0. The van der Waals surface area contributed by atoms with Crippen LogP contribution in [-0.2, 0) is 30.8 Å². The average Bonchev–Trinajstić information content (AvgIpc) is 2.95. The maximum atomic E-state index is 12.0. The minimum absolute atomic E-state index is 0.0671. The first-order valence-electron chi connectivity index (χ1n) is 7.34. The van der Waals surface area contributed by atoms with Crippen LogP contribution in [0, 0.1) is 6.92 Å². The molecule has 2 aromatic rings. The van der Waals surface area contributed by atoms with Gasteiger partial charge in [0, 0.05) is 19.6 Å². The van der Waals surface area contributed by atoms with Crippen LogP contribution >= 0.6 is 0 Å². The van der Waals surface area contributed by atoms with Crippen LogP contribution in [0.25, 0.3) is 0 Å². The lowest BCUT2D eigenvalue weighted by atomic mass is 10.1. The monoisotopic (exact) mass is 280 g/mol. The molecule has 0 saturated heterocycles. The third-order valence-electron chi connectivity index (χ3n) is 3.88. The first-order chi connectivity index (χ1) is 10.2. The zero-order valence-corrected chi connectivity index (χ0v) is 12.3. The molecule has 3 heteroatoms. The fraction of sp³-hybridized carbons (Fsp3) is 0.278. The number of hydrogen-bond donors (Lipinski definition) is 2. The largest absolute Gasteiger partial charge is 0.352 e. The van der Waals surface area contributed by atoms with Crippen molar-refractivity contribution in [3.8, 4) is 0 Å². The molecule has 108 valence electrons. The first kappa shape index (κ1) is 13.8. The molecule has 0 unspecified atom stereocenters. The van der Waals surface area contributed by atoms with Crippen molar-refractivity contribution in [3.05, 3.63) is 70.3 Å². The lowest BCUT2D eigenvalue weighted by molar-refractivity contribution is -0.120. The van der Waals surface area contributed by atoms with Gasteiger partial charge in [-0.1, -0.05) is 48.0 Å². The molecule has 0 atom stereocenters. The highest BCUT2D eigenvalue weighted by atomic mass is 16.1. The van der Waals surface area contributed by atoms with Crippen LogP contribution < -0.4 is 10.6 Å². The maximum Gasteiger partial charge on any atom is 0.224 e. The molecule has 0 bridgehead atoms.